The van der Waals surface area contributed by atoms with Crippen molar-refractivity contribution in [3.8, 4) is 5.75 Å². The van der Waals surface area contributed by atoms with Crippen molar-refractivity contribution in [2.24, 2.45) is 0 Å². The molecule has 1 saturated heterocycles. The van der Waals surface area contributed by atoms with E-state index in [1.54, 1.807) is 0 Å². The first-order chi connectivity index (χ1) is 9.58. The Morgan fingerprint density at radius 2 is 2.10 bits per heavy atom. The number of nitrogens with zero attached hydrogens (tertiary/aromatic N) is 3. The van der Waals surface area contributed by atoms with Crippen molar-refractivity contribution < 1.29 is 14.3 Å². The molecule has 0 spiro atoms. The minimum Gasteiger partial charge on any atom is -0.490 e. The largest absolute Gasteiger partial charge is 0.490 e. The van der Waals surface area contributed by atoms with Gasteiger partial charge in [0.25, 0.3) is 5.91 Å². The first-order valence-corrected chi connectivity index (χ1v) is 6.28. The molecule has 1 fully saturated rings. The number of ether oxygens (including phenoxy) is 1. The molecule has 1 aromatic heterocycles. The summed E-state index contributed by atoms with van der Waals surface area (Å²) in [5.41, 5.74) is 0. The third-order valence-corrected chi connectivity index (χ3v) is 3.04. The predicted molar refractivity (Wildman–Crippen MR) is 72.6 cm³/mol. The third kappa shape index (κ3) is 2.49. The van der Waals surface area contributed by atoms with Crippen LogP contribution in [-0.4, -0.2) is 53.4 Å². The highest BCUT2D eigenvalue weighted by molar-refractivity contribution is 6.06. The highest BCUT2D eigenvalue weighted by Gasteiger charge is 2.36. The summed E-state index contributed by atoms with van der Waals surface area (Å²) in [4.78, 5) is 32.6. The van der Waals surface area contributed by atoms with Gasteiger partial charge >= 0.3 is 0 Å². The molecular weight excluding hydrogens is 262 g/mol. The summed E-state index contributed by atoms with van der Waals surface area (Å²) in [7, 11) is 2.96. The number of aromatic nitrogens is 2. The monoisotopic (exact) mass is 279 g/mol. The molecule has 0 bridgehead atoms. The molecule has 8 heteroatoms. The minimum absolute atomic E-state index is 0.110. The quantitative estimate of drug-likeness (QED) is 0.737. The Kier molecular flexibility index (Phi) is 4.02. The molecule has 108 valence electrons. The molecule has 1 aliphatic heterocycles. The smallest absolute Gasteiger partial charge is 0.251 e. The molecular formula is C12H17N5O3. The molecule has 8 nitrogen and oxygen atoms in total. The van der Waals surface area contributed by atoms with Gasteiger partial charge in [0.2, 0.25) is 11.7 Å². The topological polar surface area (TPSA) is 96.5 Å². The lowest BCUT2D eigenvalue weighted by molar-refractivity contribution is -0.136. The number of hydrogen-bond acceptors (Lipinski definition) is 7. The first kappa shape index (κ1) is 14.0. The zero-order valence-corrected chi connectivity index (χ0v) is 11.6. The van der Waals surface area contributed by atoms with Crippen LogP contribution >= 0.6 is 0 Å². The van der Waals surface area contributed by atoms with E-state index in [2.05, 4.69) is 20.6 Å². The number of carbonyl (C=O) groups is 2. The normalized spacial score (nSPS) is 18.4. The highest BCUT2D eigenvalue weighted by Crippen LogP contribution is 2.30. The van der Waals surface area contributed by atoms with E-state index in [9.17, 15) is 9.59 Å². The van der Waals surface area contributed by atoms with Gasteiger partial charge in [0.05, 0.1) is 13.5 Å². The summed E-state index contributed by atoms with van der Waals surface area (Å²) in [5.74, 6) is 0.856. The molecule has 2 amide bonds. The van der Waals surface area contributed by atoms with E-state index in [0.717, 1.165) is 4.90 Å². The van der Waals surface area contributed by atoms with Crippen LogP contribution in [0.15, 0.2) is 6.33 Å². The summed E-state index contributed by atoms with van der Waals surface area (Å²) < 4.78 is 5.27. The molecule has 1 unspecified atom stereocenters. The predicted octanol–water partition coefficient (Wildman–Crippen LogP) is 0.0862. The van der Waals surface area contributed by atoms with Gasteiger partial charge in [-0.2, -0.15) is 0 Å². The van der Waals surface area contributed by atoms with Crippen molar-refractivity contribution in [1.29, 1.82) is 0 Å². The Bertz CT molecular complexity index is 534. The first-order valence-electron chi connectivity index (χ1n) is 6.28. The number of rotatable bonds is 5. The minimum atomic E-state index is -0.620. The number of amides is 2. The van der Waals surface area contributed by atoms with E-state index in [-0.39, 0.29) is 18.2 Å². The Labute approximate surface area is 116 Å². The summed E-state index contributed by atoms with van der Waals surface area (Å²) in [6.07, 6.45) is 1.48. The zero-order chi connectivity index (χ0) is 14.7. The second-order valence-electron chi connectivity index (χ2n) is 4.33. The molecule has 0 saturated carbocycles. The number of methoxy groups -OCH3 is 1. The molecule has 1 aromatic rings. The fourth-order valence-electron chi connectivity index (χ4n) is 2.00. The summed E-state index contributed by atoms with van der Waals surface area (Å²) in [6, 6.07) is -0.620. The van der Waals surface area contributed by atoms with Crippen LogP contribution in [0.2, 0.25) is 0 Å². The van der Waals surface area contributed by atoms with Gasteiger partial charge < -0.3 is 15.4 Å². The average molecular weight is 279 g/mol. The van der Waals surface area contributed by atoms with E-state index in [0.29, 0.717) is 23.9 Å². The van der Waals surface area contributed by atoms with Crippen LogP contribution in [0.5, 0.6) is 5.75 Å². The number of likely N-dealkylation sites (N-methyl/N-ethyl adjacent to an activating group) is 1. The van der Waals surface area contributed by atoms with Gasteiger partial charge in [-0.25, -0.2) is 9.97 Å². The average Bonchev–Trinajstić information content (AvgIpc) is 2.67. The van der Waals surface area contributed by atoms with Gasteiger partial charge in [0.1, 0.15) is 12.4 Å². The van der Waals surface area contributed by atoms with Crippen molar-refractivity contribution in [2.45, 2.75) is 19.4 Å². The summed E-state index contributed by atoms with van der Waals surface area (Å²) in [5, 5.41) is 5.98. The van der Waals surface area contributed by atoms with Crippen LogP contribution in [-0.2, 0) is 9.59 Å². The second-order valence-corrected chi connectivity index (χ2v) is 4.33. The lowest BCUT2D eigenvalue weighted by atomic mass is 10.2. The van der Waals surface area contributed by atoms with Crippen LogP contribution in [0.4, 0.5) is 11.6 Å². The third-order valence-electron chi connectivity index (χ3n) is 3.04. The number of hydrogen-bond donors (Lipinski definition) is 2. The SMILES string of the molecule is CCNc1ncnc(NC2CC(=O)N(C)C2=O)c1OC. The Morgan fingerprint density at radius 3 is 2.65 bits per heavy atom. The Hall–Kier alpha value is -2.38. The molecule has 0 aliphatic carbocycles. The summed E-state index contributed by atoms with van der Waals surface area (Å²) >= 11 is 0. The maximum absolute atomic E-state index is 11.9. The Morgan fingerprint density at radius 1 is 1.40 bits per heavy atom. The fraction of sp³-hybridized carbons (Fsp3) is 0.500. The number of anilines is 2. The maximum Gasteiger partial charge on any atom is 0.251 e. The van der Waals surface area contributed by atoms with Crippen molar-refractivity contribution in [3.05, 3.63) is 6.33 Å². The molecule has 1 aliphatic rings. The van der Waals surface area contributed by atoms with E-state index < -0.39 is 6.04 Å². The van der Waals surface area contributed by atoms with Crippen LogP contribution in [0.3, 0.4) is 0 Å². The van der Waals surface area contributed by atoms with Crippen molar-refractivity contribution >= 4 is 23.5 Å². The number of likely N-dealkylation sites (tertiary alicyclic amines) is 1. The lowest BCUT2D eigenvalue weighted by Crippen LogP contribution is -2.32. The number of carbonyl (C=O) groups excluding carboxylic acids is 2. The van der Waals surface area contributed by atoms with E-state index in [4.69, 9.17) is 4.74 Å². The Balaban J connectivity index is 2.23. The maximum atomic E-state index is 11.9. The highest BCUT2D eigenvalue weighted by atomic mass is 16.5. The molecule has 2 heterocycles. The van der Waals surface area contributed by atoms with Gasteiger partial charge in [-0.3, -0.25) is 14.5 Å². The van der Waals surface area contributed by atoms with Gasteiger partial charge in [0, 0.05) is 13.6 Å². The van der Waals surface area contributed by atoms with Crippen LogP contribution in [0.25, 0.3) is 0 Å². The lowest BCUT2D eigenvalue weighted by Gasteiger charge is -2.16. The van der Waals surface area contributed by atoms with Gasteiger partial charge in [-0.05, 0) is 6.92 Å². The van der Waals surface area contributed by atoms with E-state index in [1.807, 2.05) is 6.92 Å². The molecule has 1 atom stereocenters. The number of nitrogens with one attached hydrogen (secondary N) is 2. The fourth-order valence-corrected chi connectivity index (χ4v) is 2.00. The van der Waals surface area contributed by atoms with Gasteiger partial charge in [-0.1, -0.05) is 0 Å². The molecule has 2 rings (SSSR count). The van der Waals surface area contributed by atoms with E-state index >= 15 is 0 Å². The molecule has 0 aromatic carbocycles. The van der Waals surface area contributed by atoms with Crippen LogP contribution in [0, 0.1) is 0 Å². The molecule has 20 heavy (non-hydrogen) atoms. The van der Waals surface area contributed by atoms with Crippen molar-refractivity contribution in [2.75, 3.05) is 31.3 Å². The zero-order valence-electron chi connectivity index (χ0n) is 11.6. The molecule has 2 N–H and O–H groups in total. The second kappa shape index (κ2) is 5.72. The van der Waals surface area contributed by atoms with Crippen molar-refractivity contribution in [3.63, 3.8) is 0 Å². The summed E-state index contributed by atoms with van der Waals surface area (Å²) in [6.45, 7) is 2.61. The van der Waals surface area contributed by atoms with E-state index in [1.165, 1.54) is 20.5 Å². The van der Waals surface area contributed by atoms with Crippen LogP contribution < -0.4 is 15.4 Å². The molecule has 0 radical (unpaired) electrons. The van der Waals surface area contributed by atoms with Crippen LogP contribution in [0.1, 0.15) is 13.3 Å². The number of imide groups is 1. The van der Waals surface area contributed by atoms with Gasteiger partial charge in [-0.15, -0.1) is 0 Å². The van der Waals surface area contributed by atoms with Gasteiger partial charge in [0.15, 0.2) is 11.6 Å². The van der Waals surface area contributed by atoms with Crippen molar-refractivity contribution in [1.82, 2.24) is 14.9 Å². The standard InChI is InChI=1S/C12H17N5O3/c1-4-13-10-9(20-3)11(15-6-14-10)16-7-5-8(18)17(2)12(7)19/h6-7H,4-5H2,1-3H3,(H2,13,14,15,16).